The van der Waals surface area contributed by atoms with Crippen molar-refractivity contribution < 1.29 is 0 Å². The van der Waals surface area contributed by atoms with Crippen LogP contribution in [0.1, 0.15) is 186 Å². The molecule has 4 fully saturated rings. The first-order chi connectivity index (χ1) is 27.2. The first-order valence-corrected chi connectivity index (χ1v) is 30.7. The van der Waals surface area contributed by atoms with Gasteiger partial charge in [0.25, 0.3) is 0 Å². The van der Waals surface area contributed by atoms with Gasteiger partial charge in [-0.1, -0.05) is 219 Å². The van der Waals surface area contributed by atoms with Crippen molar-refractivity contribution in [2.45, 2.75) is 217 Å². The van der Waals surface area contributed by atoms with Crippen LogP contribution in [0.5, 0.6) is 0 Å². The van der Waals surface area contributed by atoms with Crippen LogP contribution in [0.4, 0.5) is 0 Å². The van der Waals surface area contributed by atoms with E-state index in [4.69, 9.17) is 0 Å². The molecule has 0 radical (unpaired) electrons. The maximum absolute atomic E-state index is 2.77. The third-order valence-electron chi connectivity index (χ3n) is 18.4. The van der Waals surface area contributed by atoms with Gasteiger partial charge in [0.05, 0.1) is 16.1 Å². The van der Waals surface area contributed by atoms with Gasteiger partial charge in [0.2, 0.25) is 0 Å². The summed E-state index contributed by atoms with van der Waals surface area (Å²) in [5, 5.41) is 3.46. The predicted molar refractivity (Wildman–Crippen MR) is 265 cm³/mol. The Morgan fingerprint density at radius 1 is 0.414 bits per heavy atom. The van der Waals surface area contributed by atoms with Gasteiger partial charge in [0, 0.05) is 5.41 Å². The monoisotopic (exact) mass is 825 g/mol. The van der Waals surface area contributed by atoms with Crippen molar-refractivity contribution in [1.82, 2.24) is 0 Å². The van der Waals surface area contributed by atoms with Gasteiger partial charge in [-0.2, -0.15) is 0 Å². The third-order valence-corrected chi connectivity index (χ3v) is 29.6. The Bertz CT molecular complexity index is 1420. The highest BCUT2D eigenvalue weighted by Crippen LogP contribution is 2.69. The highest BCUT2D eigenvalue weighted by atomic mass is 28.3. The lowest BCUT2D eigenvalue weighted by atomic mass is 9.50. The van der Waals surface area contributed by atoms with Crippen LogP contribution in [0.2, 0.25) is 36.3 Å². The Kier molecular flexibility index (Phi) is 15.4. The molecule has 4 aliphatic carbocycles. The minimum atomic E-state index is -1.47. The smallest absolute Gasteiger partial charge is 0.0675 e. The van der Waals surface area contributed by atoms with Crippen LogP contribution in [0, 0.1) is 63.6 Å². The fraction of sp³-hybridized carbons (Fsp3) is 0.786. The van der Waals surface area contributed by atoms with Crippen molar-refractivity contribution >= 4 is 26.5 Å². The van der Waals surface area contributed by atoms with E-state index in [0.717, 1.165) is 47.3 Å². The summed E-state index contributed by atoms with van der Waals surface area (Å²) in [5.41, 5.74) is 4.81. The summed E-state index contributed by atoms with van der Waals surface area (Å²) in [4.78, 5) is 0. The zero-order valence-corrected chi connectivity index (χ0v) is 43.6. The fourth-order valence-electron chi connectivity index (χ4n) is 14.5. The number of benzene rings is 2. The van der Waals surface area contributed by atoms with Crippen LogP contribution in [-0.4, -0.2) is 16.1 Å². The van der Waals surface area contributed by atoms with E-state index in [-0.39, 0.29) is 5.41 Å². The normalized spacial score (nSPS) is 27.5. The molecule has 6 unspecified atom stereocenters. The van der Waals surface area contributed by atoms with Crippen LogP contribution in [0.3, 0.4) is 0 Å². The lowest BCUT2D eigenvalue weighted by Gasteiger charge is -2.53. The van der Waals surface area contributed by atoms with Gasteiger partial charge < -0.3 is 0 Å². The summed E-state index contributed by atoms with van der Waals surface area (Å²) in [5.74, 6) is 6.68. The van der Waals surface area contributed by atoms with E-state index in [2.05, 4.69) is 159 Å². The number of fused-ring (bicyclic) bond motifs is 3. The number of hydrogen-bond donors (Lipinski definition) is 0. The molecule has 4 saturated carbocycles. The van der Waals surface area contributed by atoms with Crippen molar-refractivity contribution in [2.24, 2.45) is 63.6 Å². The molecular weight excluding hydrogens is 729 g/mol. The van der Waals surface area contributed by atoms with Gasteiger partial charge in [0.1, 0.15) is 0 Å². The average Bonchev–Trinajstić information content (AvgIpc) is 3.84. The minimum Gasteiger partial charge on any atom is -0.0675 e. The lowest BCUT2D eigenvalue weighted by molar-refractivity contribution is 0.0428. The van der Waals surface area contributed by atoms with Gasteiger partial charge in [-0.15, -0.1) is 0 Å². The van der Waals surface area contributed by atoms with Crippen molar-refractivity contribution in [2.75, 3.05) is 0 Å². The maximum Gasteiger partial charge on any atom is 0.0859 e. The fourth-order valence-corrected chi connectivity index (χ4v) is 21.7. The van der Waals surface area contributed by atoms with Gasteiger partial charge >= 0.3 is 0 Å². The molecule has 328 valence electrons. The topological polar surface area (TPSA) is 0 Å². The van der Waals surface area contributed by atoms with E-state index >= 15 is 0 Å². The second-order valence-corrected chi connectivity index (χ2v) is 35.1. The molecule has 0 heterocycles. The van der Waals surface area contributed by atoms with Gasteiger partial charge in [-0.3, -0.25) is 0 Å². The zero-order valence-electron chi connectivity index (χ0n) is 41.6. The van der Waals surface area contributed by atoms with Crippen molar-refractivity contribution in [3.05, 3.63) is 59.7 Å². The van der Waals surface area contributed by atoms with Crippen LogP contribution in [0.25, 0.3) is 0 Å². The predicted octanol–water partition coefficient (Wildman–Crippen LogP) is 16.4. The van der Waals surface area contributed by atoms with Crippen molar-refractivity contribution in [1.29, 1.82) is 0 Å². The molecule has 2 aromatic rings. The van der Waals surface area contributed by atoms with Gasteiger partial charge in [-0.05, 0) is 126 Å². The quantitative estimate of drug-likeness (QED) is 0.187. The molecule has 6 rings (SSSR count). The summed E-state index contributed by atoms with van der Waals surface area (Å²) in [6.45, 7) is 39.1. The SMILES string of the molecule is CC(C)(C)C.CC[Si](CC)(CC)c1ccc(C(c2ccc([Si](CC)(CC)CC)cc2)(C2CCCC2)C2C3CC(C(C)(C)C)CCC3C3CCC(C(C)(C)C)CC32)cc1. The molecule has 0 saturated heterocycles. The molecule has 0 spiro atoms. The molecule has 6 atom stereocenters. The van der Waals surface area contributed by atoms with Crippen LogP contribution >= 0.6 is 0 Å². The molecule has 0 amide bonds. The Hall–Kier alpha value is -1.13. The van der Waals surface area contributed by atoms with E-state index in [1.165, 1.54) is 100 Å². The van der Waals surface area contributed by atoms with Gasteiger partial charge in [0.15, 0.2) is 0 Å². The molecule has 2 heteroatoms. The summed E-state index contributed by atoms with van der Waals surface area (Å²) < 4.78 is 0. The van der Waals surface area contributed by atoms with Crippen molar-refractivity contribution in [3.63, 3.8) is 0 Å². The van der Waals surface area contributed by atoms with E-state index in [9.17, 15) is 0 Å². The molecule has 58 heavy (non-hydrogen) atoms. The van der Waals surface area contributed by atoms with Crippen molar-refractivity contribution in [3.8, 4) is 0 Å². The van der Waals surface area contributed by atoms with E-state index < -0.39 is 16.1 Å². The Labute approximate surface area is 364 Å². The van der Waals surface area contributed by atoms with E-state index in [1.807, 2.05) is 0 Å². The van der Waals surface area contributed by atoms with E-state index in [0.29, 0.717) is 16.2 Å². The molecule has 0 aliphatic heterocycles. The summed E-state index contributed by atoms with van der Waals surface area (Å²) in [6, 6.07) is 30.1. The summed E-state index contributed by atoms with van der Waals surface area (Å²) in [7, 11) is -2.94. The Morgan fingerprint density at radius 2 is 0.724 bits per heavy atom. The van der Waals surface area contributed by atoms with Crippen LogP contribution in [-0.2, 0) is 5.41 Å². The largest absolute Gasteiger partial charge is 0.0859 e. The van der Waals surface area contributed by atoms with Crippen LogP contribution in [0.15, 0.2) is 48.5 Å². The Balaban J connectivity index is 0.00000121. The molecule has 0 bridgehead atoms. The molecule has 2 aromatic carbocycles. The third kappa shape index (κ3) is 9.44. The lowest BCUT2D eigenvalue weighted by Crippen LogP contribution is -2.51. The standard InChI is InChI=1S/C51H84Si2.C5H12/c1-13-52(14-2,15-3)42-29-23-38(24-30-42)51(37-21-19-20-22-37,39-25-31-43(32-26-39)53(16-4,17-5)18-6)48-46-35-40(49(7,8)9)27-33-44(46)45-34-28-41(36-47(45)48)50(10,11)12;1-5(2,3)4/h23-26,29-32,37,40-41,44-48H,13-22,27-28,33-36H2,1-12H3;1-4H3. The molecule has 0 aromatic heterocycles. The summed E-state index contributed by atoms with van der Waals surface area (Å²) in [6.07, 6.45) is 14.5. The maximum atomic E-state index is 2.77. The van der Waals surface area contributed by atoms with Crippen LogP contribution < -0.4 is 10.4 Å². The highest BCUT2D eigenvalue weighted by Gasteiger charge is 2.63. The van der Waals surface area contributed by atoms with Gasteiger partial charge in [-0.25, -0.2) is 0 Å². The summed E-state index contributed by atoms with van der Waals surface area (Å²) >= 11 is 0. The number of hydrogen-bond acceptors (Lipinski definition) is 0. The Morgan fingerprint density at radius 3 is 1.00 bits per heavy atom. The minimum absolute atomic E-state index is 0.0964. The number of rotatable bonds is 12. The highest BCUT2D eigenvalue weighted by molar-refractivity contribution is 6.92. The second-order valence-electron chi connectivity index (χ2n) is 24.6. The van der Waals surface area contributed by atoms with E-state index in [1.54, 1.807) is 21.5 Å². The molecular formula is C56H96Si2. The zero-order chi connectivity index (χ0) is 42.9. The first kappa shape index (κ1) is 47.9. The molecule has 0 nitrogen and oxygen atoms in total. The molecule has 0 N–H and O–H groups in total. The second kappa shape index (κ2) is 18.7. The average molecular weight is 826 g/mol. The first-order valence-electron chi connectivity index (χ1n) is 25.4. The molecule has 4 aliphatic rings.